The molecule has 7 heteroatoms. The summed E-state index contributed by atoms with van der Waals surface area (Å²) in [7, 11) is 0. The molecule has 0 bridgehead atoms. The van der Waals surface area contributed by atoms with Gasteiger partial charge < -0.3 is 9.80 Å². The summed E-state index contributed by atoms with van der Waals surface area (Å²) in [4.78, 5) is 21.5. The molecule has 0 spiro atoms. The van der Waals surface area contributed by atoms with E-state index in [1.165, 1.54) is 0 Å². The number of nitrogens with zero attached hydrogens (tertiary/aromatic N) is 6. The van der Waals surface area contributed by atoms with Crippen LogP contribution < -0.4 is 4.90 Å². The predicted molar refractivity (Wildman–Crippen MR) is 110 cm³/mol. The molecule has 0 N–H and O–H groups in total. The fraction of sp³-hybridized carbons (Fsp3) is 0.273. The van der Waals surface area contributed by atoms with E-state index in [1.807, 2.05) is 46.8 Å². The van der Waals surface area contributed by atoms with Crippen LogP contribution in [-0.2, 0) is 6.42 Å². The SMILES string of the molecule is CCc1c(C(=O)N2CCN(c3ncccc3C#N)CC2)cnn1-c1ccccc1. The van der Waals surface area contributed by atoms with Gasteiger partial charge in [-0.2, -0.15) is 10.4 Å². The molecule has 4 rings (SSSR count). The van der Waals surface area contributed by atoms with Crippen molar-refractivity contribution in [2.45, 2.75) is 13.3 Å². The van der Waals surface area contributed by atoms with Crippen LogP contribution in [0.2, 0.25) is 0 Å². The number of carbonyl (C=O) groups is 1. The van der Waals surface area contributed by atoms with E-state index in [1.54, 1.807) is 24.5 Å². The van der Waals surface area contributed by atoms with Crippen LogP contribution in [0.25, 0.3) is 5.69 Å². The molecular weight excluding hydrogens is 364 g/mol. The molecule has 1 saturated heterocycles. The molecule has 3 aromatic rings. The van der Waals surface area contributed by atoms with Crippen molar-refractivity contribution in [2.75, 3.05) is 31.1 Å². The molecule has 0 aliphatic carbocycles. The van der Waals surface area contributed by atoms with Crippen molar-refractivity contribution < 1.29 is 4.79 Å². The quantitative estimate of drug-likeness (QED) is 0.689. The third-order valence-electron chi connectivity index (χ3n) is 5.21. The molecular formula is C22H22N6O. The summed E-state index contributed by atoms with van der Waals surface area (Å²) in [6.45, 7) is 4.49. The topological polar surface area (TPSA) is 78.1 Å². The third kappa shape index (κ3) is 3.57. The molecule has 1 amide bonds. The highest BCUT2D eigenvalue weighted by Gasteiger charge is 2.27. The fourth-order valence-corrected chi connectivity index (χ4v) is 3.71. The van der Waals surface area contributed by atoms with Gasteiger partial charge in [-0.15, -0.1) is 0 Å². The second-order valence-electron chi connectivity index (χ2n) is 6.87. The monoisotopic (exact) mass is 386 g/mol. The van der Waals surface area contributed by atoms with Crippen LogP contribution in [0.3, 0.4) is 0 Å². The van der Waals surface area contributed by atoms with Gasteiger partial charge >= 0.3 is 0 Å². The van der Waals surface area contributed by atoms with Gasteiger partial charge in [0.15, 0.2) is 0 Å². The highest BCUT2D eigenvalue weighted by atomic mass is 16.2. The minimum atomic E-state index is 0.00482. The highest BCUT2D eigenvalue weighted by Crippen LogP contribution is 2.21. The number of hydrogen-bond acceptors (Lipinski definition) is 5. The van der Waals surface area contributed by atoms with Gasteiger partial charge in [-0.1, -0.05) is 25.1 Å². The Hall–Kier alpha value is -3.66. The molecule has 0 saturated carbocycles. The van der Waals surface area contributed by atoms with E-state index in [4.69, 9.17) is 0 Å². The standard InChI is InChI=1S/C22H22N6O/c1-2-20-19(16-25-28(20)18-8-4-3-5-9-18)22(29)27-13-11-26(12-14-27)21-17(15-23)7-6-10-24-21/h3-10,16H,2,11-14H2,1H3. The zero-order valence-electron chi connectivity index (χ0n) is 16.3. The third-order valence-corrected chi connectivity index (χ3v) is 5.21. The Morgan fingerprint density at radius 1 is 1.10 bits per heavy atom. The van der Waals surface area contributed by atoms with Gasteiger partial charge in [0.25, 0.3) is 5.91 Å². The number of amides is 1. The first-order valence-electron chi connectivity index (χ1n) is 9.74. The normalized spacial score (nSPS) is 13.9. The van der Waals surface area contributed by atoms with Crippen molar-refractivity contribution in [2.24, 2.45) is 0 Å². The summed E-state index contributed by atoms with van der Waals surface area (Å²) in [6, 6.07) is 15.6. The zero-order chi connectivity index (χ0) is 20.2. The Labute approximate surface area is 169 Å². The highest BCUT2D eigenvalue weighted by molar-refractivity contribution is 5.95. The molecule has 1 fully saturated rings. The molecule has 2 aromatic heterocycles. The van der Waals surface area contributed by atoms with Crippen molar-refractivity contribution in [3.05, 3.63) is 71.7 Å². The predicted octanol–water partition coefficient (Wildman–Crippen LogP) is 2.66. The van der Waals surface area contributed by atoms with Crippen molar-refractivity contribution in [3.8, 4) is 11.8 Å². The molecule has 0 radical (unpaired) electrons. The van der Waals surface area contributed by atoms with Crippen molar-refractivity contribution >= 4 is 11.7 Å². The number of para-hydroxylation sites is 1. The Bertz CT molecular complexity index is 1040. The molecule has 0 atom stereocenters. The molecule has 1 aliphatic heterocycles. The summed E-state index contributed by atoms with van der Waals surface area (Å²) < 4.78 is 1.84. The lowest BCUT2D eigenvalue weighted by Crippen LogP contribution is -2.49. The van der Waals surface area contributed by atoms with Crippen molar-refractivity contribution in [1.82, 2.24) is 19.7 Å². The van der Waals surface area contributed by atoms with E-state index in [2.05, 4.69) is 21.1 Å². The summed E-state index contributed by atoms with van der Waals surface area (Å²) in [6.07, 6.45) is 4.08. The van der Waals surface area contributed by atoms with Crippen LogP contribution in [0.1, 0.15) is 28.5 Å². The number of rotatable bonds is 4. The van der Waals surface area contributed by atoms with Crippen LogP contribution in [0.5, 0.6) is 0 Å². The number of nitriles is 1. The number of benzene rings is 1. The summed E-state index contributed by atoms with van der Waals surface area (Å²) in [5, 5.41) is 13.8. The van der Waals surface area contributed by atoms with Crippen LogP contribution in [-0.4, -0.2) is 51.8 Å². The fourth-order valence-electron chi connectivity index (χ4n) is 3.71. The van der Waals surface area contributed by atoms with E-state index >= 15 is 0 Å². The Balaban J connectivity index is 1.51. The molecule has 0 unspecified atom stereocenters. The largest absolute Gasteiger partial charge is 0.352 e. The zero-order valence-corrected chi connectivity index (χ0v) is 16.3. The molecule has 3 heterocycles. The van der Waals surface area contributed by atoms with Crippen LogP contribution in [0.15, 0.2) is 54.9 Å². The second-order valence-corrected chi connectivity index (χ2v) is 6.87. The first kappa shape index (κ1) is 18.7. The van der Waals surface area contributed by atoms with Gasteiger partial charge in [-0.25, -0.2) is 9.67 Å². The molecule has 7 nitrogen and oxygen atoms in total. The van der Waals surface area contributed by atoms with Crippen LogP contribution in [0.4, 0.5) is 5.82 Å². The molecule has 29 heavy (non-hydrogen) atoms. The average molecular weight is 386 g/mol. The van der Waals surface area contributed by atoms with Gasteiger partial charge in [0, 0.05) is 32.4 Å². The van der Waals surface area contributed by atoms with Gasteiger partial charge in [-0.05, 0) is 30.7 Å². The number of carbonyl (C=O) groups excluding carboxylic acids is 1. The minimum absolute atomic E-state index is 0.00482. The number of pyridine rings is 1. The molecule has 1 aromatic carbocycles. The lowest BCUT2D eigenvalue weighted by Gasteiger charge is -2.35. The summed E-state index contributed by atoms with van der Waals surface area (Å²) >= 11 is 0. The number of piperazine rings is 1. The number of aromatic nitrogens is 3. The molecule has 1 aliphatic rings. The summed E-state index contributed by atoms with van der Waals surface area (Å²) in [5.74, 6) is 0.693. The maximum absolute atomic E-state index is 13.2. The van der Waals surface area contributed by atoms with Crippen molar-refractivity contribution in [1.29, 1.82) is 5.26 Å². The van der Waals surface area contributed by atoms with Gasteiger partial charge in [0.2, 0.25) is 0 Å². The van der Waals surface area contributed by atoms with E-state index < -0.39 is 0 Å². The van der Waals surface area contributed by atoms with E-state index in [-0.39, 0.29) is 5.91 Å². The van der Waals surface area contributed by atoms with E-state index in [0.29, 0.717) is 43.1 Å². The lowest BCUT2D eigenvalue weighted by atomic mass is 10.1. The van der Waals surface area contributed by atoms with Crippen LogP contribution >= 0.6 is 0 Å². The Morgan fingerprint density at radius 3 is 2.55 bits per heavy atom. The first-order chi connectivity index (χ1) is 14.2. The van der Waals surface area contributed by atoms with Gasteiger partial charge in [0.1, 0.15) is 11.9 Å². The maximum atomic E-state index is 13.2. The minimum Gasteiger partial charge on any atom is -0.352 e. The van der Waals surface area contributed by atoms with E-state index in [0.717, 1.165) is 17.8 Å². The maximum Gasteiger partial charge on any atom is 0.257 e. The lowest BCUT2D eigenvalue weighted by molar-refractivity contribution is 0.0745. The number of hydrogen-bond donors (Lipinski definition) is 0. The first-order valence-corrected chi connectivity index (χ1v) is 9.74. The molecule has 146 valence electrons. The smallest absolute Gasteiger partial charge is 0.257 e. The van der Waals surface area contributed by atoms with Gasteiger partial charge in [0.05, 0.1) is 28.7 Å². The van der Waals surface area contributed by atoms with E-state index in [9.17, 15) is 10.1 Å². The number of anilines is 1. The van der Waals surface area contributed by atoms with Crippen LogP contribution in [0, 0.1) is 11.3 Å². The Morgan fingerprint density at radius 2 is 1.86 bits per heavy atom. The van der Waals surface area contributed by atoms with Gasteiger partial charge in [-0.3, -0.25) is 4.79 Å². The average Bonchev–Trinajstić information content (AvgIpc) is 3.23. The van der Waals surface area contributed by atoms with Crippen molar-refractivity contribution in [3.63, 3.8) is 0 Å². The summed E-state index contributed by atoms with van der Waals surface area (Å²) in [5.41, 5.74) is 3.08. The second kappa shape index (κ2) is 8.15. The Kier molecular flexibility index (Phi) is 5.25.